The van der Waals surface area contributed by atoms with Crippen molar-refractivity contribution in [3.63, 3.8) is 0 Å². The molecule has 0 saturated heterocycles. The van der Waals surface area contributed by atoms with Crippen molar-refractivity contribution in [1.82, 2.24) is 0 Å². The van der Waals surface area contributed by atoms with Gasteiger partial charge in [0.25, 0.3) is 0 Å². The summed E-state index contributed by atoms with van der Waals surface area (Å²) in [5, 5.41) is 8.66. The second-order valence-electron chi connectivity index (χ2n) is 4.05. The molecule has 1 aromatic carbocycles. The number of aldehydes is 1. The Hall–Kier alpha value is -1.62. The van der Waals surface area contributed by atoms with Crippen molar-refractivity contribution >= 4 is 33.9 Å². The fraction of sp³-hybridized carbons (Fsp3) is 0.286. The number of hydrogen-bond acceptors (Lipinski definition) is 3. The fourth-order valence-corrected chi connectivity index (χ4v) is 2.17. The lowest BCUT2D eigenvalue weighted by Crippen LogP contribution is -2.26. The van der Waals surface area contributed by atoms with Gasteiger partial charge in [0.05, 0.1) is 0 Å². The van der Waals surface area contributed by atoms with Gasteiger partial charge in [-0.25, -0.2) is 0 Å². The Morgan fingerprint density at radius 3 is 2.79 bits per heavy atom. The minimum Gasteiger partial charge on any atom is -0.481 e. The summed E-state index contributed by atoms with van der Waals surface area (Å²) in [5.41, 5.74) is 1.37. The Kier molecular flexibility index (Phi) is 6.29. The molecule has 102 valence electrons. The van der Waals surface area contributed by atoms with Crippen LogP contribution in [0.3, 0.4) is 0 Å². The standard InChI is InChI=1S/C14H16BrNO3/c1-2-7-16(8-3-4-14(18)19)13-6-5-12(15)9-11(13)10-17/h2,5-6,9-10H,1,3-4,7-8H2,(H,18,19). The number of aliphatic carboxylic acids is 1. The lowest BCUT2D eigenvalue weighted by Gasteiger charge is -2.24. The predicted molar refractivity (Wildman–Crippen MR) is 78.8 cm³/mol. The van der Waals surface area contributed by atoms with E-state index in [1.807, 2.05) is 17.0 Å². The third-order valence-electron chi connectivity index (χ3n) is 2.63. The van der Waals surface area contributed by atoms with E-state index in [2.05, 4.69) is 22.5 Å². The van der Waals surface area contributed by atoms with Crippen LogP contribution in [0.15, 0.2) is 35.3 Å². The van der Waals surface area contributed by atoms with E-state index in [1.165, 1.54) is 0 Å². The number of hydrogen-bond donors (Lipinski definition) is 1. The number of carboxylic acids is 1. The summed E-state index contributed by atoms with van der Waals surface area (Å²) in [6.45, 7) is 4.83. The van der Waals surface area contributed by atoms with E-state index < -0.39 is 5.97 Å². The summed E-state index contributed by atoms with van der Waals surface area (Å²) in [6, 6.07) is 5.45. The molecule has 0 bridgehead atoms. The van der Waals surface area contributed by atoms with Gasteiger partial charge in [-0.15, -0.1) is 6.58 Å². The van der Waals surface area contributed by atoms with Crippen LogP contribution in [0.5, 0.6) is 0 Å². The maximum atomic E-state index is 11.1. The van der Waals surface area contributed by atoms with Gasteiger partial charge in [-0.3, -0.25) is 9.59 Å². The van der Waals surface area contributed by atoms with E-state index in [1.54, 1.807) is 12.1 Å². The third-order valence-corrected chi connectivity index (χ3v) is 3.12. The summed E-state index contributed by atoms with van der Waals surface area (Å²) in [6.07, 6.45) is 3.17. The lowest BCUT2D eigenvalue weighted by molar-refractivity contribution is -0.137. The lowest BCUT2D eigenvalue weighted by atomic mass is 10.1. The maximum absolute atomic E-state index is 11.1. The first kappa shape index (κ1) is 15.4. The molecule has 19 heavy (non-hydrogen) atoms. The Bertz CT molecular complexity index is 474. The molecule has 0 fully saturated rings. The van der Waals surface area contributed by atoms with Gasteiger partial charge in [-0.1, -0.05) is 22.0 Å². The van der Waals surface area contributed by atoms with Gasteiger partial charge in [0.1, 0.15) is 0 Å². The fourth-order valence-electron chi connectivity index (χ4n) is 1.79. The third kappa shape index (κ3) is 4.87. The second-order valence-corrected chi connectivity index (χ2v) is 4.97. The van der Waals surface area contributed by atoms with Crippen molar-refractivity contribution < 1.29 is 14.7 Å². The van der Waals surface area contributed by atoms with E-state index in [0.29, 0.717) is 25.1 Å². The first-order valence-corrected chi connectivity index (χ1v) is 6.70. The first-order chi connectivity index (χ1) is 9.08. The summed E-state index contributed by atoms with van der Waals surface area (Å²) in [7, 11) is 0. The molecule has 5 heteroatoms. The highest BCUT2D eigenvalue weighted by atomic mass is 79.9. The van der Waals surface area contributed by atoms with Crippen LogP contribution >= 0.6 is 15.9 Å². The molecule has 1 aromatic rings. The zero-order valence-corrected chi connectivity index (χ0v) is 12.1. The van der Waals surface area contributed by atoms with Crippen LogP contribution in [0.1, 0.15) is 23.2 Å². The van der Waals surface area contributed by atoms with Gasteiger partial charge in [0.2, 0.25) is 0 Å². The SMILES string of the molecule is C=CCN(CCCC(=O)O)c1ccc(Br)cc1C=O. The molecule has 0 amide bonds. The molecule has 0 aliphatic heterocycles. The van der Waals surface area contributed by atoms with Gasteiger partial charge in [-0.05, 0) is 24.6 Å². The van der Waals surface area contributed by atoms with Crippen molar-refractivity contribution in [1.29, 1.82) is 0 Å². The van der Waals surface area contributed by atoms with E-state index in [-0.39, 0.29) is 6.42 Å². The molecule has 0 aromatic heterocycles. The molecular weight excluding hydrogens is 310 g/mol. The predicted octanol–water partition coefficient (Wildman–Crippen LogP) is 3.12. The number of carbonyl (C=O) groups is 2. The molecule has 0 heterocycles. The van der Waals surface area contributed by atoms with Crippen molar-refractivity contribution in [2.45, 2.75) is 12.8 Å². The topological polar surface area (TPSA) is 57.6 Å². The number of nitrogens with zero attached hydrogens (tertiary/aromatic N) is 1. The smallest absolute Gasteiger partial charge is 0.303 e. The molecule has 4 nitrogen and oxygen atoms in total. The van der Waals surface area contributed by atoms with Crippen LogP contribution in [0.4, 0.5) is 5.69 Å². The van der Waals surface area contributed by atoms with E-state index in [9.17, 15) is 9.59 Å². The largest absolute Gasteiger partial charge is 0.481 e. The number of rotatable bonds is 8. The van der Waals surface area contributed by atoms with E-state index in [0.717, 1.165) is 16.4 Å². The molecule has 0 radical (unpaired) electrons. The number of halogens is 1. The molecule has 0 saturated carbocycles. The molecule has 0 unspecified atom stereocenters. The van der Waals surface area contributed by atoms with E-state index in [4.69, 9.17) is 5.11 Å². The van der Waals surface area contributed by atoms with Crippen molar-refractivity contribution in [3.8, 4) is 0 Å². The molecule has 0 atom stereocenters. The minimum atomic E-state index is -0.815. The van der Waals surface area contributed by atoms with Crippen LogP contribution in [0.25, 0.3) is 0 Å². The Morgan fingerprint density at radius 1 is 1.47 bits per heavy atom. The van der Waals surface area contributed by atoms with Crippen LogP contribution < -0.4 is 4.90 Å². The maximum Gasteiger partial charge on any atom is 0.303 e. The summed E-state index contributed by atoms with van der Waals surface area (Å²) >= 11 is 3.32. The molecule has 0 aliphatic rings. The molecule has 1 rings (SSSR count). The highest BCUT2D eigenvalue weighted by Crippen LogP contribution is 2.23. The molecule has 0 spiro atoms. The van der Waals surface area contributed by atoms with Crippen LogP contribution in [0, 0.1) is 0 Å². The Labute approximate surface area is 120 Å². The average molecular weight is 326 g/mol. The summed E-state index contributed by atoms with van der Waals surface area (Å²) in [4.78, 5) is 23.6. The minimum absolute atomic E-state index is 0.112. The van der Waals surface area contributed by atoms with Crippen LogP contribution in [0.2, 0.25) is 0 Å². The van der Waals surface area contributed by atoms with Gasteiger partial charge >= 0.3 is 5.97 Å². The Balaban J connectivity index is 2.88. The number of anilines is 1. The number of carboxylic acid groups (broad SMARTS) is 1. The number of benzene rings is 1. The van der Waals surface area contributed by atoms with Crippen molar-refractivity contribution in [3.05, 3.63) is 40.9 Å². The van der Waals surface area contributed by atoms with E-state index >= 15 is 0 Å². The van der Waals surface area contributed by atoms with Crippen molar-refractivity contribution in [2.24, 2.45) is 0 Å². The average Bonchev–Trinajstić information content (AvgIpc) is 2.37. The quantitative estimate of drug-likeness (QED) is 0.589. The zero-order chi connectivity index (χ0) is 14.3. The van der Waals surface area contributed by atoms with Crippen molar-refractivity contribution in [2.75, 3.05) is 18.0 Å². The highest BCUT2D eigenvalue weighted by molar-refractivity contribution is 9.10. The van der Waals surface area contributed by atoms with Gasteiger partial charge in [-0.2, -0.15) is 0 Å². The second kappa shape index (κ2) is 7.74. The first-order valence-electron chi connectivity index (χ1n) is 5.91. The highest BCUT2D eigenvalue weighted by Gasteiger charge is 2.11. The van der Waals surface area contributed by atoms with Gasteiger partial charge in [0, 0.05) is 35.2 Å². The monoisotopic (exact) mass is 325 g/mol. The van der Waals surface area contributed by atoms with Gasteiger partial charge < -0.3 is 10.0 Å². The normalized spacial score (nSPS) is 9.95. The zero-order valence-electron chi connectivity index (χ0n) is 10.5. The summed E-state index contributed by atoms with van der Waals surface area (Å²) in [5.74, 6) is -0.815. The number of carbonyl (C=O) groups excluding carboxylic acids is 1. The summed E-state index contributed by atoms with van der Waals surface area (Å²) < 4.78 is 0.836. The molecule has 1 N–H and O–H groups in total. The molecule has 0 aliphatic carbocycles. The van der Waals surface area contributed by atoms with Crippen LogP contribution in [-0.2, 0) is 4.79 Å². The molecular formula is C14H16BrNO3. The van der Waals surface area contributed by atoms with Crippen LogP contribution in [-0.4, -0.2) is 30.5 Å². The Morgan fingerprint density at radius 2 is 2.21 bits per heavy atom. The van der Waals surface area contributed by atoms with Gasteiger partial charge in [0.15, 0.2) is 6.29 Å².